The van der Waals surface area contributed by atoms with E-state index < -0.39 is 6.10 Å². The molecule has 30 heavy (non-hydrogen) atoms. The van der Waals surface area contributed by atoms with E-state index in [1.54, 1.807) is 38.5 Å². The van der Waals surface area contributed by atoms with Gasteiger partial charge in [-0.05, 0) is 54.8 Å². The third-order valence-corrected chi connectivity index (χ3v) is 5.32. The number of aliphatic hydroxyl groups excluding tert-OH is 1. The van der Waals surface area contributed by atoms with Gasteiger partial charge in [-0.25, -0.2) is 0 Å². The van der Waals surface area contributed by atoms with Crippen LogP contribution in [0, 0.1) is 0 Å². The van der Waals surface area contributed by atoms with Gasteiger partial charge in [-0.3, -0.25) is 4.90 Å². The quantitative estimate of drug-likeness (QED) is 0.579. The molecule has 0 radical (unpaired) electrons. The van der Waals surface area contributed by atoms with Crippen LogP contribution in [0.3, 0.4) is 0 Å². The number of ether oxygens (including phenoxy) is 4. The van der Waals surface area contributed by atoms with Gasteiger partial charge in [0, 0.05) is 31.3 Å². The standard InChI is InChI=1S/C23H30ClNO5/c1-27-22-10-5-17(12-23(22)28-2)13-25(15-21-4-3-11-29-21)14-19(26)16-30-20-8-6-18(24)7-9-20/h5-10,12,19,21,26H,3-4,11,13-16H2,1-2H3/t19-,21+/m1/s1. The Balaban J connectivity index is 1.61. The molecule has 2 aromatic rings. The summed E-state index contributed by atoms with van der Waals surface area (Å²) in [4.78, 5) is 2.20. The molecule has 0 unspecified atom stereocenters. The average Bonchev–Trinajstić information content (AvgIpc) is 3.26. The molecule has 2 aromatic carbocycles. The van der Waals surface area contributed by atoms with Crippen molar-refractivity contribution in [2.45, 2.75) is 31.6 Å². The van der Waals surface area contributed by atoms with E-state index in [-0.39, 0.29) is 12.7 Å². The second-order valence-electron chi connectivity index (χ2n) is 7.44. The molecule has 3 rings (SSSR count). The highest BCUT2D eigenvalue weighted by Gasteiger charge is 2.22. The predicted molar refractivity (Wildman–Crippen MR) is 117 cm³/mol. The molecule has 0 saturated carbocycles. The van der Waals surface area contributed by atoms with Crippen molar-refractivity contribution in [3.63, 3.8) is 0 Å². The van der Waals surface area contributed by atoms with E-state index in [9.17, 15) is 5.11 Å². The summed E-state index contributed by atoms with van der Waals surface area (Å²) < 4.78 is 22.3. The fourth-order valence-corrected chi connectivity index (χ4v) is 3.72. The van der Waals surface area contributed by atoms with Crippen LogP contribution in [0.25, 0.3) is 0 Å². The molecule has 1 aliphatic heterocycles. The lowest BCUT2D eigenvalue weighted by molar-refractivity contribution is 0.0313. The second kappa shape index (κ2) is 11.4. The van der Waals surface area contributed by atoms with Gasteiger partial charge in [0.2, 0.25) is 0 Å². The van der Waals surface area contributed by atoms with Crippen molar-refractivity contribution in [2.75, 3.05) is 40.5 Å². The fraction of sp³-hybridized carbons (Fsp3) is 0.478. The third-order valence-electron chi connectivity index (χ3n) is 5.06. The van der Waals surface area contributed by atoms with Gasteiger partial charge in [0.1, 0.15) is 18.5 Å². The number of benzene rings is 2. The number of rotatable bonds is 11. The van der Waals surface area contributed by atoms with Gasteiger partial charge in [0.25, 0.3) is 0 Å². The van der Waals surface area contributed by atoms with E-state index in [1.807, 2.05) is 18.2 Å². The molecular weight excluding hydrogens is 406 g/mol. The van der Waals surface area contributed by atoms with Gasteiger partial charge >= 0.3 is 0 Å². The molecule has 2 atom stereocenters. The van der Waals surface area contributed by atoms with Crippen LogP contribution >= 0.6 is 11.6 Å². The Morgan fingerprint density at radius 3 is 2.57 bits per heavy atom. The molecule has 0 bridgehead atoms. The summed E-state index contributed by atoms with van der Waals surface area (Å²) in [6.07, 6.45) is 1.67. The zero-order chi connectivity index (χ0) is 21.3. The molecule has 164 valence electrons. The van der Waals surface area contributed by atoms with Crippen LogP contribution in [0.1, 0.15) is 18.4 Å². The first kappa shape index (κ1) is 22.7. The van der Waals surface area contributed by atoms with Crippen molar-refractivity contribution in [1.82, 2.24) is 4.90 Å². The van der Waals surface area contributed by atoms with Crippen LogP contribution in [0.2, 0.25) is 5.02 Å². The first-order valence-corrected chi connectivity index (χ1v) is 10.6. The zero-order valence-electron chi connectivity index (χ0n) is 17.6. The van der Waals surface area contributed by atoms with Crippen LogP contribution in [-0.2, 0) is 11.3 Å². The highest BCUT2D eigenvalue weighted by molar-refractivity contribution is 6.30. The molecule has 1 heterocycles. The van der Waals surface area contributed by atoms with Crippen molar-refractivity contribution >= 4 is 11.6 Å². The monoisotopic (exact) mass is 435 g/mol. The van der Waals surface area contributed by atoms with Crippen molar-refractivity contribution in [2.24, 2.45) is 0 Å². The lowest BCUT2D eigenvalue weighted by Gasteiger charge is -2.27. The van der Waals surface area contributed by atoms with Crippen molar-refractivity contribution in [3.8, 4) is 17.2 Å². The normalized spacial score (nSPS) is 17.2. The number of methoxy groups -OCH3 is 2. The van der Waals surface area contributed by atoms with E-state index in [1.165, 1.54) is 0 Å². The van der Waals surface area contributed by atoms with Gasteiger partial charge in [-0.1, -0.05) is 17.7 Å². The second-order valence-corrected chi connectivity index (χ2v) is 7.87. The molecule has 1 N–H and O–H groups in total. The summed E-state index contributed by atoms with van der Waals surface area (Å²) in [5, 5.41) is 11.2. The number of nitrogens with zero attached hydrogens (tertiary/aromatic N) is 1. The summed E-state index contributed by atoms with van der Waals surface area (Å²) >= 11 is 5.90. The van der Waals surface area contributed by atoms with Crippen molar-refractivity contribution in [3.05, 3.63) is 53.1 Å². The number of halogens is 1. The number of aliphatic hydroxyl groups is 1. The maximum Gasteiger partial charge on any atom is 0.161 e. The van der Waals surface area contributed by atoms with E-state index >= 15 is 0 Å². The summed E-state index contributed by atoms with van der Waals surface area (Å²) in [7, 11) is 3.25. The molecule has 7 heteroatoms. The molecule has 1 aliphatic rings. The first-order chi connectivity index (χ1) is 14.6. The van der Waals surface area contributed by atoms with Crippen LogP contribution in [0.5, 0.6) is 17.2 Å². The average molecular weight is 436 g/mol. The summed E-state index contributed by atoms with van der Waals surface area (Å²) in [5.41, 5.74) is 1.08. The Bertz CT molecular complexity index is 780. The Kier molecular flexibility index (Phi) is 8.63. The Hall–Kier alpha value is -1.99. The van der Waals surface area contributed by atoms with Gasteiger partial charge in [-0.2, -0.15) is 0 Å². The topological polar surface area (TPSA) is 60.4 Å². The molecule has 0 spiro atoms. The molecule has 0 amide bonds. The molecule has 1 saturated heterocycles. The fourth-order valence-electron chi connectivity index (χ4n) is 3.59. The Morgan fingerprint density at radius 1 is 1.13 bits per heavy atom. The zero-order valence-corrected chi connectivity index (χ0v) is 18.3. The predicted octanol–water partition coefficient (Wildman–Crippen LogP) is 3.78. The van der Waals surface area contributed by atoms with Gasteiger partial charge in [0.05, 0.1) is 20.3 Å². The maximum atomic E-state index is 10.6. The van der Waals surface area contributed by atoms with Crippen molar-refractivity contribution < 1.29 is 24.1 Å². The van der Waals surface area contributed by atoms with Crippen LogP contribution in [-0.4, -0.2) is 62.7 Å². The molecule has 1 fully saturated rings. The summed E-state index contributed by atoms with van der Waals surface area (Å²) in [5.74, 6) is 2.08. The van der Waals surface area contributed by atoms with Crippen molar-refractivity contribution in [1.29, 1.82) is 0 Å². The highest BCUT2D eigenvalue weighted by atomic mass is 35.5. The molecule has 0 aliphatic carbocycles. The minimum absolute atomic E-state index is 0.189. The van der Waals surface area contributed by atoms with Gasteiger partial charge in [0.15, 0.2) is 11.5 Å². The minimum atomic E-state index is -0.637. The van der Waals surface area contributed by atoms with E-state index in [2.05, 4.69) is 4.90 Å². The van der Waals surface area contributed by atoms with Gasteiger partial charge in [-0.15, -0.1) is 0 Å². The maximum absolute atomic E-state index is 10.6. The molecule has 6 nitrogen and oxygen atoms in total. The summed E-state index contributed by atoms with van der Waals surface area (Å²) in [6.45, 7) is 2.90. The minimum Gasteiger partial charge on any atom is -0.493 e. The summed E-state index contributed by atoms with van der Waals surface area (Å²) in [6, 6.07) is 13.0. The lowest BCUT2D eigenvalue weighted by atomic mass is 10.1. The van der Waals surface area contributed by atoms with Gasteiger partial charge < -0.3 is 24.1 Å². The number of hydrogen-bond donors (Lipinski definition) is 1. The largest absolute Gasteiger partial charge is 0.493 e. The molecular formula is C23H30ClNO5. The van der Waals surface area contributed by atoms with E-state index in [0.29, 0.717) is 35.4 Å². The first-order valence-electron chi connectivity index (χ1n) is 10.2. The van der Waals surface area contributed by atoms with E-state index in [0.717, 1.165) is 31.6 Å². The van der Waals surface area contributed by atoms with E-state index in [4.69, 9.17) is 30.5 Å². The lowest BCUT2D eigenvalue weighted by Crippen LogP contribution is -2.39. The molecule has 0 aromatic heterocycles. The van der Waals surface area contributed by atoms with Crippen LogP contribution in [0.4, 0.5) is 0 Å². The highest BCUT2D eigenvalue weighted by Crippen LogP contribution is 2.28. The Morgan fingerprint density at radius 2 is 1.90 bits per heavy atom. The smallest absolute Gasteiger partial charge is 0.161 e. The number of hydrogen-bond acceptors (Lipinski definition) is 6. The Labute approximate surface area is 183 Å². The van der Waals surface area contributed by atoms with Crippen LogP contribution in [0.15, 0.2) is 42.5 Å². The third kappa shape index (κ3) is 6.77. The van der Waals surface area contributed by atoms with Crippen LogP contribution < -0.4 is 14.2 Å². The SMILES string of the molecule is COc1ccc(CN(C[C@@H](O)COc2ccc(Cl)cc2)C[C@@H]2CCCO2)cc1OC.